The van der Waals surface area contributed by atoms with Gasteiger partial charge in [0.2, 0.25) is 0 Å². The predicted octanol–water partition coefficient (Wildman–Crippen LogP) is 3.24. The number of ether oxygens (including phenoxy) is 2. The predicted molar refractivity (Wildman–Crippen MR) is 118 cm³/mol. The molecule has 0 spiro atoms. The topological polar surface area (TPSA) is 54.9 Å². The molecule has 2 rings (SSSR count). The minimum absolute atomic E-state index is 0. The van der Waals surface area contributed by atoms with Gasteiger partial charge in [0.25, 0.3) is 0 Å². The van der Waals surface area contributed by atoms with Crippen LogP contribution in [0.3, 0.4) is 0 Å². The number of hydrogen-bond donors (Lipinski definition) is 2. The molecule has 26 heavy (non-hydrogen) atoms. The number of hydrogen-bond acceptors (Lipinski definition) is 3. The molecule has 2 aromatic carbocycles. The third kappa shape index (κ3) is 8.53. The first-order chi connectivity index (χ1) is 12.3. The lowest BCUT2D eigenvalue weighted by Gasteiger charge is -2.12. The first kappa shape index (κ1) is 22.2. The molecule has 2 aromatic rings. The van der Waals surface area contributed by atoms with Gasteiger partial charge >= 0.3 is 0 Å². The van der Waals surface area contributed by atoms with Gasteiger partial charge < -0.3 is 20.1 Å². The zero-order valence-corrected chi connectivity index (χ0v) is 17.7. The molecule has 5 nitrogen and oxygen atoms in total. The van der Waals surface area contributed by atoms with Crippen LogP contribution in [-0.2, 0) is 17.8 Å². The molecule has 0 unspecified atom stereocenters. The van der Waals surface area contributed by atoms with Crippen LogP contribution in [0, 0.1) is 0 Å². The summed E-state index contributed by atoms with van der Waals surface area (Å²) in [5.41, 5.74) is 2.44. The average Bonchev–Trinajstić information content (AvgIpc) is 2.67. The molecule has 142 valence electrons. The lowest BCUT2D eigenvalue weighted by Crippen LogP contribution is -2.39. The Morgan fingerprint density at radius 3 is 2.27 bits per heavy atom. The first-order valence-electron chi connectivity index (χ1n) is 8.51. The van der Waals surface area contributed by atoms with E-state index < -0.39 is 0 Å². The van der Waals surface area contributed by atoms with Gasteiger partial charge in [0.05, 0.1) is 20.3 Å². The Hall–Kier alpha value is -1.80. The van der Waals surface area contributed by atoms with E-state index in [9.17, 15) is 0 Å². The van der Waals surface area contributed by atoms with Crippen molar-refractivity contribution in [3.05, 3.63) is 65.7 Å². The number of nitrogens with one attached hydrogen (secondary N) is 2. The van der Waals surface area contributed by atoms with Crippen LogP contribution in [0.25, 0.3) is 0 Å². The van der Waals surface area contributed by atoms with Gasteiger partial charge in [0, 0.05) is 20.1 Å². The van der Waals surface area contributed by atoms with Crippen LogP contribution in [0.4, 0.5) is 0 Å². The van der Waals surface area contributed by atoms with Crippen LogP contribution in [0.2, 0.25) is 0 Å². The van der Waals surface area contributed by atoms with Gasteiger partial charge in [0.1, 0.15) is 5.75 Å². The summed E-state index contributed by atoms with van der Waals surface area (Å²) in [4.78, 5) is 4.22. The lowest BCUT2D eigenvalue weighted by molar-refractivity contribution is 0.125. The fourth-order valence-corrected chi connectivity index (χ4v) is 2.34. The quantitative estimate of drug-likeness (QED) is 0.256. The van der Waals surface area contributed by atoms with Crippen molar-refractivity contribution in [2.45, 2.75) is 13.0 Å². The van der Waals surface area contributed by atoms with Gasteiger partial charge in [0.15, 0.2) is 5.96 Å². The van der Waals surface area contributed by atoms with Crippen LogP contribution in [0.1, 0.15) is 11.1 Å². The van der Waals surface area contributed by atoms with E-state index in [2.05, 4.69) is 39.9 Å². The van der Waals surface area contributed by atoms with Crippen molar-refractivity contribution in [3.63, 3.8) is 0 Å². The summed E-state index contributed by atoms with van der Waals surface area (Å²) in [5.74, 6) is 1.67. The highest BCUT2D eigenvalue weighted by molar-refractivity contribution is 14.0. The van der Waals surface area contributed by atoms with Crippen molar-refractivity contribution in [2.75, 3.05) is 33.9 Å². The number of rotatable bonds is 9. The van der Waals surface area contributed by atoms with Crippen molar-refractivity contribution in [2.24, 2.45) is 4.99 Å². The van der Waals surface area contributed by atoms with E-state index in [0.717, 1.165) is 31.2 Å². The highest BCUT2D eigenvalue weighted by atomic mass is 127. The van der Waals surface area contributed by atoms with E-state index in [0.29, 0.717) is 13.2 Å². The third-order valence-corrected chi connectivity index (χ3v) is 3.74. The van der Waals surface area contributed by atoms with Gasteiger partial charge in [-0.25, -0.2) is 0 Å². The minimum Gasteiger partial charge on any atom is -0.497 e. The number of benzene rings is 2. The summed E-state index contributed by atoms with van der Waals surface area (Å²) < 4.78 is 10.8. The summed E-state index contributed by atoms with van der Waals surface area (Å²) >= 11 is 0. The van der Waals surface area contributed by atoms with E-state index in [1.165, 1.54) is 11.1 Å². The second-order valence-corrected chi connectivity index (χ2v) is 5.56. The Kier molecular flexibility index (Phi) is 11.5. The fraction of sp³-hybridized carbons (Fsp3) is 0.350. The van der Waals surface area contributed by atoms with Crippen molar-refractivity contribution < 1.29 is 9.47 Å². The Balaban J connectivity index is 0.00000338. The molecule has 0 aliphatic carbocycles. The van der Waals surface area contributed by atoms with Crippen molar-refractivity contribution >= 4 is 29.9 Å². The summed E-state index contributed by atoms with van der Waals surface area (Å²) in [6.07, 6.45) is 0.926. The molecular weight excluding hydrogens is 441 g/mol. The van der Waals surface area contributed by atoms with E-state index in [1.54, 1.807) is 14.2 Å². The molecule has 0 atom stereocenters. The summed E-state index contributed by atoms with van der Waals surface area (Å²) in [5, 5.41) is 6.56. The van der Waals surface area contributed by atoms with E-state index in [4.69, 9.17) is 9.47 Å². The van der Waals surface area contributed by atoms with Gasteiger partial charge in [-0.15, -0.1) is 24.0 Å². The zero-order chi connectivity index (χ0) is 17.7. The minimum atomic E-state index is 0. The van der Waals surface area contributed by atoms with Crippen LogP contribution in [-0.4, -0.2) is 39.8 Å². The molecule has 0 saturated heterocycles. The third-order valence-electron chi connectivity index (χ3n) is 3.74. The molecule has 0 aromatic heterocycles. The highest BCUT2D eigenvalue weighted by Gasteiger charge is 1.99. The maximum absolute atomic E-state index is 5.65. The summed E-state index contributed by atoms with van der Waals surface area (Å²) in [6, 6.07) is 18.3. The van der Waals surface area contributed by atoms with E-state index in [1.807, 2.05) is 30.3 Å². The first-order valence-corrected chi connectivity index (χ1v) is 8.51. The lowest BCUT2D eigenvalue weighted by atomic mass is 10.1. The maximum Gasteiger partial charge on any atom is 0.191 e. The Morgan fingerprint density at radius 1 is 0.923 bits per heavy atom. The number of methoxy groups -OCH3 is 1. The molecule has 0 aliphatic heterocycles. The zero-order valence-electron chi connectivity index (χ0n) is 15.4. The van der Waals surface area contributed by atoms with E-state index in [-0.39, 0.29) is 24.0 Å². The number of aliphatic imine (C=N–C) groups is 1. The highest BCUT2D eigenvalue weighted by Crippen LogP contribution is 2.11. The van der Waals surface area contributed by atoms with Crippen molar-refractivity contribution in [1.29, 1.82) is 0 Å². The number of guanidine groups is 1. The number of nitrogens with zero attached hydrogens (tertiary/aromatic N) is 1. The van der Waals surface area contributed by atoms with Gasteiger partial charge in [-0.2, -0.15) is 0 Å². The molecule has 0 aliphatic rings. The molecule has 0 radical (unpaired) electrons. The molecule has 0 amide bonds. The van der Waals surface area contributed by atoms with E-state index >= 15 is 0 Å². The van der Waals surface area contributed by atoms with Crippen LogP contribution < -0.4 is 15.4 Å². The Bertz CT molecular complexity index is 633. The number of halogens is 1. The molecule has 6 heteroatoms. The van der Waals surface area contributed by atoms with Crippen LogP contribution >= 0.6 is 24.0 Å². The monoisotopic (exact) mass is 469 g/mol. The molecule has 0 fully saturated rings. The second-order valence-electron chi connectivity index (χ2n) is 5.56. The molecule has 0 heterocycles. The molecule has 0 bridgehead atoms. The van der Waals surface area contributed by atoms with Crippen molar-refractivity contribution in [1.82, 2.24) is 10.6 Å². The summed E-state index contributed by atoms with van der Waals surface area (Å²) in [7, 11) is 3.45. The summed E-state index contributed by atoms with van der Waals surface area (Å²) in [6.45, 7) is 2.80. The van der Waals surface area contributed by atoms with Gasteiger partial charge in [-0.3, -0.25) is 4.99 Å². The van der Waals surface area contributed by atoms with Crippen molar-refractivity contribution in [3.8, 4) is 5.75 Å². The molecule has 2 N–H and O–H groups in total. The van der Waals surface area contributed by atoms with Gasteiger partial charge in [-0.1, -0.05) is 42.5 Å². The normalized spacial score (nSPS) is 10.8. The molecule has 0 saturated carbocycles. The van der Waals surface area contributed by atoms with Crippen LogP contribution in [0.15, 0.2) is 59.6 Å². The SMILES string of the molecule is CN=C(NCCOCc1ccccc1)NCCc1ccc(OC)cc1.I. The largest absolute Gasteiger partial charge is 0.497 e. The van der Waals surface area contributed by atoms with Gasteiger partial charge in [-0.05, 0) is 29.7 Å². The fourth-order valence-electron chi connectivity index (χ4n) is 2.34. The Labute approximate surface area is 173 Å². The smallest absolute Gasteiger partial charge is 0.191 e. The second kappa shape index (κ2) is 13.4. The van der Waals surface area contributed by atoms with Crippen LogP contribution in [0.5, 0.6) is 5.75 Å². The average molecular weight is 469 g/mol. The Morgan fingerprint density at radius 2 is 1.62 bits per heavy atom. The molecular formula is C20H28IN3O2. The maximum atomic E-state index is 5.65. The standard InChI is InChI=1S/C20H27N3O2.HI/c1-21-20(22-13-12-17-8-10-19(24-2)11-9-17)23-14-15-25-16-18-6-4-3-5-7-18;/h3-11H,12-16H2,1-2H3,(H2,21,22,23);1H.